The minimum Gasteiger partial charge on any atom is -0.326 e. The molecule has 0 amide bonds. The van der Waals surface area contributed by atoms with Crippen LogP contribution in [0.3, 0.4) is 0 Å². The molecule has 2 rings (SSSR count). The summed E-state index contributed by atoms with van der Waals surface area (Å²) >= 11 is 0. The Bertz CT molecular complexity index is 553. The first kappa shape index (κ1) is 14.5. The van der Waals surface area contributed by atoms with E-state index >= 15 is 0 Å². The summed E-state index contributed by atoms with van der Waals surface area (Å²) in [5.41, 5.74) is 8.30. The Hall–Kier alpha value is -0.910. The predicted octanol–water partition coefficient (Wildman–Crippen LogP) is 1.44. The van der Waals surface area contributed by atoms with E-state index in [1.165, 1.54) is 5.56 Å². The lowest BCUT2D eigenvalue weighted by molar-refractivity contribution is 0.481. The number of hydrogen-bond donors (Lipinski definition) is 2. The molecular formula is C14H22N2O2S. The lowest BCUT2D eigenvalue weighted by atomic mass is 10.1. The van der Waals surface area contributed by atoms with Crippen LogP contribution in [0.5, 0.6) is 0 Å². The van der Waals surface area contributed by atoms with Gasteiger partial charge < -0.3 is 5.73 Å². The third-order valence-electron chi connectivity index (χ3n) is 3.75. The molecule has 1 atom stereocenters. The van der Waals surface area contributed by atoms with Gasteiger partial charge in [0.2, 0.25) is 10.0 Å². The Morgan fingerprint density at radius 2 is 1.95 bits per heavy atom. The third kappa shape index (κ3) is 3.35. The fraction of sp³-hybridized carbons (Fsp3) is 0.571. The average molecular weight is 282 g/mol. The molecular weight excluding hydrogens is 260 g/mol. The van der Waals surface area contributed by atoms with Gasteiger partial charge in [-0.05, 0) is 48.4 Å². The van der Waals surface area contributed by atoms with Gasteiger partial charge in [-0.2, -0.15) is 0 Å². The minimum atomic E-state index is -3.44. The first-order chi connectivity index (χ1) is 8.90. The molecule has 1 aliphatic rings. The van der Waals surface area contributed by atoms with Crippen LogP contribution in [0.4, 0.5) is 0 Å². The SMILES string of the molecule is CC(C)C(N)CNS(=O)(=O)c1ccc2c(c1)CCC2. The largest absolute Gasteiger partial charge is 0.326 e. The number of fused-ring (bicyclic) bond motifs is 1. The molecule has 0 bridgehead atoms. The van der Waals surface area contributed by atoms with Crippen molar-refractivity contribution >= 4 is 10.0 Å². The van der Waals surface area contributed by atoms with E-state index in [9.17, 15) is 8.42 Å². The Labute approximate surface area is 115 Å². The van der Waals surface area contributed by atoms with Gasteiger partial charge in [-0.1, -0.05) is 19.9 Å². The molecule has 0 spiro atoms. The maximum atomic E-state index is 12.2. The third-order valence-corrected chi connectivity index (χ3v) is 5.17. The summed E-state index contributed by atoms with van der Waals surface area (Å²) in [7, 11) is -3.44. The molecule has 0 fully saturated rings. The van der Waals surface area contributed by atoms with Crippen molar-refractivity contribution in [3.8, 4) is 0 Å². The van der Waals surface area contributed by atoms with Crippen molar-refractivity contribution in [2.24, 2.45) is 11.7 Å². The van der Waals surface area contributed by atoms with Crippen LogP contribution in [-0.2, 0) is 22.9 Å². The number of sulfonamides is 1. The van der Waals surface area contributed by atoms with E-state index in [4.69, 9.17) is 5.73 Å². The molecule has 0 radical (unpaired) electrons. The summed E-state index contributed by atoms with van der Waals surface area (Å²) in [5, 5.41) is 0. The molecule has 1 aromatic rings. The highest BCUT2D eigenvalue weighted by Gasteiger charge is 2.19. The van der Waals surface area contributed by atoms with Crippen molar-refractivity contribution in [2.45, 2.75) is 44.0 Å². The van der Waals surface area contributed by atoms with Crippen molar-refractivity contribution in [3.05, 3.63) is 29.3 Å². The lowest BCUT2D eigenvalue weighted by Gasteiger charge is -2.16. The van der Waals surface area contributed by atoms with E-state index in [-0.39, 0.29) is 18.5 Å². The molecule has 0 aliphatic heterocycles. The van der Waals surface area contributed by atoms with E-state index in [2.05, 4.69) is 4.72 Å². The van der Waals surface area contributed by atoms with Crippen LogP contribution in [-0.4, -0.2) is 21.0 Å². The number of nitrogens with one attached hydrogen (secondary N) is 1. The molecule has 3 N–H and O–H groups in total. The van der Waals surface area contributed by atoms with Crippen LogP contribution in [0.25, 0.3) is 0 Å². The highest BCUT2D eigenvalue weighted by molar-refractivity contribution is 7.89. The summed E-state index contributed by atoms with van der Waals surface area (Å²) in [5.74, 6) is 0.253. The number of rotatable bonds is 5. The van der Waals surface area contributed by atoms with E-state index in [1.54, 1.807) is 12.1 Å². The molecule has 5 heteroatoms. The zero-order valence-corrected chi connectivity index (χ0v) is 12.3. The van der Waals surface area contributed by atoms with Gasteiger partial charge in [0, 0.05) is 12.6 Å². The molecule has 1 unspecified atom stereocenters. The average Bonchev–Trinajstić information content (AvgIpc) is 2.82. The number of benzene rings is 1. The molecule has 0 saturated heterocycles. The van der Waals surface area contributed by atoms with Gasteiger partial charge in [0.05, 0.1) is 4.90 Å². The zero-order valence-electron chi connectivity index (χ0n) is 11.5. The van der Waals surface area contributed by atoms with Crippen molar-refractivity contribution in [1.82, 2.24) is 4.72 Å². The predicted molar refractivity (Wildman–Crippen MR) is 76.5 cm³/mol. The number of aryl methyl sites for hydroxylation is 2. The Morgan fingerprint density at radius 3 is 2.63 bits per heavy atom. The molecule has 4 nitrogen and oxygen atoms in total. The van der Waals surface area contributed by atoms with E-state index < -0.39 is 10.0 Å². The smallest absolute Gasteiger partial charge is 0.240 e. The van der Waals surface area contributed by atoms with Gasteiger partial charge in [-0.15, -0.1) is 0 Å². The lowest BCUT2D eigenvalue weighted by Crippen LogP contribution is -2.40. The standard InChI is InChI=1S/C14H22N2O2S/c1-10(2)14(15)9-16-19(17,18)13-7-6-11-4-3-5-12(11)8-13/h6-8,10,14,16H,3-5,9,15H2,1-2H3. The summed E-state index contributed by atoms with van der Waals surface area (Å²) in [4.78, 5) is 0.351. The van der Waals surface area contributed by atoms with Gasteiger partial charge >= 0.3 is 0 Å². The van der Waals surface area contributed by atoms with Crippen molar-refractivity contribution < 1.29 is 8.42 Å². The molecule has 106 valence electrons. The summed E-state index contributed by atoms with van der Waals surface area (Å²) in [6.07, 6.45) is 3.15. The molecule has 0 saturated carbocycles. The second-order valence-corrected chi connectivity index (χ2v) is 7.31. The highest BCUT2D eigenvalue weighted by Crippen LogP contribution is 2.24. The summed E-state index contributed by atoms with van der Waals surface area (Å²) in [6.45, 7) is 4.24. The van der Waals surface area contributed by atoms with Crippen molar-refractivity contribution in [1.29, 1.82) is 0 Å². The fourth-order valence-corrected chi connectivity index (χ4v) is 3.36. The molecule has 0 aromatic heterocycles. The minimum absolute atomic E-state index is 0.163. The maximum Gasteiger partial charge on any atom is 0.240 e. The van der Waals surface area contributed by atoms with Gasteiger partial charge in [0.1, 0.15) is 0 Å². The summed E-state index contributed by atoms with van der Waals surface area (Å²) < 4.78 is 27.0. The van der Waals surface area contributed by atoms with Gasteiger partial charge in [-0.3, -0.25) is 0 Å². The number of hydrogen-bond acceptors (Lipinski definition) is 3. The highest BCUT2D eigenvalue weighted by atomic mass is 32.2. The van der Waals surface area contributed by atoms with Crippen LogP contribution >= 0.6 is 0 Å². The molecule has 1 aromatic carbocycles. The van der Waals surface area contributed by atoms with E-state index in [0.717, 1.165) is 24.8 Å². The molecule has 19 heavy (non-hydrogen) atoms. The van der Waals surface area contributed by atoms with Gasteiger partial charge in [-0.25, -0.2) is 13.1 Å². The van der Waals surface area contributed by atoms with Gasteiger partial charge in [0.25, 0.3) is 0 Å². The Kier molecular flexibility index (Phi) is 4.28. The van der Waals surface area contributed by atoms with Crippen molar-refractivity contribution in [2.75, 3.05) is 6.54 Å². The quantitative estimate of drug-likeness (QED) is 0.858. The second-order valence-electron chi connectivity index (χ2n) is 5.54. The van der Waals surface area contributed by atoms with E-state index in [0.29, 0.717) is 4.90 Å². The monoisotopic (exact) mass is 282 g/mol. The van der Waals surface area contributed by atoms with E-state index in [1.807, 2.05) is 19.9 Å². The van der Waals surface area contributed by atoms with Crippen LogP contribution in [0.15, 0.2) is 23.1 Å². The first-order valence-electron chi connectivity index (χ1n) is 6.77. The molecule has 0 heterocycles. The maximum absolute atomic E-state index is 12.2. The fourth-order valence-electron chi connectivity index (χ4n) is 2.24. The zero-order chi connectivity index (χ0) is 14.0. The van der Waals surface area contributed by atoms with Crippen LogP contribution in [0.1, 0.15) is 31.4 Å². The van der Waals surface area contributed by atoms with Crippen molar-refractivity contribution in [3.63, 3.8) is 0 Å². The van der Waals surface area contributed by atoms with Gasteiger partial charge in [0.15, 0.2) is 0 Å². The Morgan fingerprint density at radius 1 is 1.26 bits per heavy atom. The number of nitrogens with two attached hydrogens (primary N) is 1. The van der Waals surface area contributed by atoms with Crippen LogP contribution in [0.2, 0.25) is 0 Å². The topological polar surface area (TPSA) is 72.2 Å². The summed E-state index contributed by atoms with van der Waals surface area (Å²) in [6, 6.07) is 5.25. The Balaban J connectivity index is 2.11. The first-order valence-corrected chi connectivity index (χ1v) is 8.25. The van der Waals surface area contributed by atoms with Crippen LogP contribution < -0.4 is 10.5 Å². The normalized spacial score (nSPS) is 16.6. The van der Waals surface area contributed by atoms with Crippen LogP contribution in [0, 0.1) is 5.92 Å². The second kappa shape index (κ2) is 5.61. The molecule has 1 aliphatic carbocycles.